The average Bonchev–Trinajstić information content (AvgIpc) is 3.15. The van der Waals surface area contributed by atoms with Gasteiger partial charge in [-0.15, -0.1) is 12.4 Å². The van der Waals surface area contributed by atoms with Crippen molar-refractivity contribution in [2.75, 3.05) is 39.3 Å². The van der Waals surface area contributed by atoms with E-state index in [-0.39, 0.29) is 36.8 Å². The fourth-order valence-electron chi connectivity index (χ4n) is 4.25. The molecule has 2 amide bonds. The van der Waals surface area contributed by atoms with Gasteiger partial charge >= 0.3 is 0 Å². The van der Waals surface area contributed by atoms with Gasteiger partial charge in [-0.2, -0.15) is 0 Å². The van der Waals surface area contributed by atoms with Crippen molar-refractivity contribution in [3.63, 3.8) is 0 Å². The van der Waals surface area contributed by atoms with E-state index < -0.39 is 0 Å². The Bertz CT molecular complexity index is 768. The highest BCUT2D eigenvalue weighted by Crippen LogP contribution is 2.29. The Labute approximate surface area is 178 Å². The first-order chi connectivity index (χ1) is 13.7. The number of rotatable bonds is 5. The summed E-state index contributed by atoms with van der Waals surface area (Å²) in [6, 6.07) is 21.3. The van der Waals surface area contributed by atoms with Crippen LogP contribution >= 0.6 is 12.4 Å². The predicted molar refractivity (Wildman–Crippen MR) is 116 cm³/mol. The van der Waals surface area contributed by atoms with Gasteiger partial charge in [-0.3, -0.25) is 14.5 Å². The molecule has 0 N–H and O–H groups in total. The van der Waals surface area contributed by atoms with Gasteiger partial charge in [0.1, 0.15) is 0 Å². The maximum Gasteiger partial charge on any atom is 0.242 e. The number of halogens is 1. The van der Waals surface area contributed by atoms with Crippen LogP contribution in [0.15, 0.2) is 60.7 Å². The quantitative estimate of drug-likeness (QED) is 0.756. The number of piperazine rings is 1. The van der Waals surface area contributed by atoms with Gasteiger partial charge in [0.25, 0.3) is 0 Å². The Kier molecular flexibility index (Phi) is 7.29. The highest BCUT2D eigenvalue weighted by atomic mass is 35.5. The monoisotopic (exact) mass is 413 g/mol. The smallest absolute Gasteiger partial charge is 0.242 e. The first-order valence-electron chi connectivity index (χ1n) is 10.1. The van der Waals surface area contributed by atoms with E-state index in [9.17, 15) is 9.59 Å². The summed E-state index contributed by atoms with van der Waals surface area (Å²) in [7, 11) is 0. The largest absolute Gasteiger partial charge is 0.339 e. The van der Waals surface area contributed by atoms with Crippen LogP contribution in [0, 0.1) is 0 Å². The van der Waals surface area contributed by atoms with Crippen LogP contribution in [-0.4, -0.2) is 65.8 Å². The molecule has 0 spiro atoms. The number of nitrogens with zero attached hydrogens (tertiary/aromatic N) is 3. The highest BCUT2D eigenvalue weighted by molar-refractivity contribution is 5.86. The number of hydrogen-bond acceptors (Lipinski definition) is 3. The second-order valence-corrected chi connectivity index (χ2v) is 7.56. The van der Waals surface area contributed by atoms with E-state index in [1.54, 1.807) is 4.90 Å². The summed E-state index contributed by atoms with van der Waals surface area (Å²) in [5, 5.41) is 0. The molecule has 2 saturated heterocycles. The van der Waals surface area contributed by atoms with Crippen molar-refractivity contribution >= 4 is 24.2 Å². The van der Waals surface area contributed by atoms with Crippen molar-refractivity contribution < 1.29 is 9.59 Å². The summed E-state index contributed by atoms with van der Waals surface area (Å²) in [5.74, 6) is 0.186. The van der Waals surface area contributed by atoms with Crippen molar-refractivity contribution in [2.24, 2.45) is 0 Å². The molecule has 154 valence electrons. The lowest BCUT2D eigenvalue weighted by Gasteiger charge is -2.40. The number of benzene rings is 2. The lowest BCUT2D eigenvalue weighted by molar-refractivity contribution is -0.139. The SMILES string of the molecule is Cl.O=C(CN1CCCC1=O)N1CCN(C(c2ccccc2)c2ccccc2)CC1. The third kappa shape index (κ3) is 4.98. The number of carbonyl (C=O) groups excluding carboxylic acids is 2. The maximum atomic E-state index is 12.6. The van der Waals surface area contributed by atoms with Crippen LogP contribution in [0.5, 0.6) is 0 Å². The minimum Gasteiger partial charge on any atom is -0.339 e. The van der Waals surface area contributed by atoms with Crippen molar-refractivity contribution in [1.82, 2.24) is 14.7 Å². The number of carbonyl (C=O) groups is 2. The molecule has 2 fully saturated rings. The van der Waals surface area contributed by atoms with Gasteiger partial charge in [-0.25, -0.2) is 0 Å². The minimum absolute atomic E-state index is 0. The summed E-state index contributed by atoms with van der Waals surface area (Å²) in [6.07, 6.45) is 1.45. The second kappa shape index (κ2) is 9.90. The van der Waals surface area contributed by atoms with Crippen molar-refractivity contribution in [1.29, 1.82) is 0 Å². The van der Waals surface area contributed by atoms with Crippen molar-refractivity contribution in [3.8, 4) is 0 Å². The van der Waals surface area contributed by atoms with Crippen molar-refractivity contribution in [2.45, 2.75) is 18.9 Å². The van der Waals surface area contributed by atoms with Crippen LogP contribution < -0.4 is 0 Å². The number of hydrogen-bond donors (Lipinski definition) is 0. The van der Waals surface area contributed by atoms with E-state index in [0.29, 0.717) is 26.1 Å². The summed E-state index contributed by atoms with van der Waals surface area (Å²) >= 11 is 0. The van der Waals surface area contributed by atoms with Gasteiger partial charge in [0.15, 0.2) is 0 Å². The van der Waals surface area contributed by atoms with Crippen LogP contribution in [0.2, 0.25) is 0 Å². The molecular formula is C23H28ClN3O2. The molecule has 5 nitrogen and oxygen atoms in total. The highest BCUT2D eigenvalue weighted by Gasteiger charge is 2.30. The molecule has 0 aromatic heterocycles. The van der Waals surface area contributed by atoms with Gasteiger partial charge in [0.2, 0.25) is 11.8 Å². The molecular weight excluding hydrogens is 386 g/mol. The molecule has 29 heavy (non-hydrogen) atoms. The van der Waals surface area contributed by atoms with E-state index in [1.807, 2.05) is 17.0 Å². The zero-order chi connectivity index (χ0) is 19.3. The molecule has 0 saturated carbocycles. The van der Waals surface area contributed by atoms with Crippen LogP contribution in [-0.2, 0) is 9.59 Å². The zero-order valence-electron chi connectivity index (χ0n) is 16.6. The van der Waals surface area contributed by atoms with Crippen LogP contribution in [0.4, 0.5) is 0 Å². The topological polar surface area (TPSA) is 43.9 Å². The normalized spacial score (nSPS) is 17.5. The van der Waals surface area contributed by atoms with Crippen LogP contribution in [0.25, 0.3) is 0 Å². The van der Waals surface area contributed by atoms with Gasteiger partial charge in [-0.05, 0) is 17.5 Å². The summed E-state index contributed by atoms with van der Waals surface area (Å²) < 4.78 is 0. The third-order valence-electron chi connectivity index (χ3n) is 5.76. The Balaban J connectivity index is 0.00000240. The first-order valence-corrected chi connectivity index (χ1v) is 10.1. The molecule has 0 atom stereocenters. The molecule has 2 aliphatic rings. The van der Waals surface area contributed by atoms with Crippen LogP contribution in [0.3, 0.4) is 0 Å². The fraction of sp³-hybridized carbons (Fsp3) is 0.391. The van der Waals surface area contributed by atoms with Gasteiger partial charge in [-0.1, -0.05) is 60.7 Å². The molecule has 2 heterocycles. The second-order valence-electron chi connectivity index (χ2n) is 7.56. The van der Waals surface area contributed by atoms with Crippen molar-refractivity contribution in [3.05, 3.63) is 71.8 Å². The Morgan fingerprint density at radius 2 is 1.38 bits per heavy atom. The van der Waals surface area contributed by atoms with Gasteiger partial charge in [0.05, 0.1) is 12.6 Å². The zero-order valence-corrected chi connectivity index (χ0v) is 17.4. The minimum atomic E-state index is 0. The summed E-state index contributed by atoms with van der Waals surface area (Å²) in [4.78, 5) is 30.5. The molecule has 2 aromatic carbocycles. The summed E-state index contributed by atoms with van der Waals surface area (Å²) in [5.41, 5.74) is 2.55. The molecule has 0 bridgehead atoms. The Morgan fingerprint density at radius 1 is 0.828 bits per heavy atom. The average molecular weight is 414 g/mol. The standard InChI is InChI=1S/C23H27N3O2.ClH/c27-21-12-7-13-26(21)18-22(28)24-14-16-25(17-15-24)23(19-8-3-1-4-9-19)20-10-5-2-6-11-20;/h1-6,8-11,23H,7,12-18H2;1H. The van der Waals surface area contributed by atoms with E-state index in [0.717, 1.165) is 19.5 Å². The lowest BCUT2D eigenvalue weighted by Crippen LogP contribution is -2.52. The molecule has 4 rings (SSSR count). The van der Waals surface area contributed by atoms with Crippen LogP contribution in [0.1, 0.15) is 30.0 Å². The Hall–Kier alpha value is -2.37. The van der Waals surface area contributed by atoms with Gasteiger partial charge in [0, 0.05) is 39.1 Å². The first kappa shape index (κ1) is 21.3. The number of amides is 2. The molecule has 2 aliphatic heterocycles. The molecule has 0 aliphatic carbocycles. The molecule has 6 heteroatoms. The molecule has 0 unspecified atom stereocenters. The Morgan fingerprint density at radius 3 is 1.86 bits per heavy atom. The third-order valence-corrected chi connectivity index (χ3v) is 5.76. The van der Waals surface area contributed by atoms with Gasteiger partial charge < -0.3 is 9.80 Å². The molecule has 0 radical (unpaired) electrons. The molecule has 2 aromatic rings. The lowest BCUT2D eigenvalue weighted by atomic mass is 9.96. The number of likely N-dealkylation sites (tertiary alicyclic amines) is 1. The van der Waals surface area contributed by atoms with E-state index in [1.165, 1.54) is 11.1 Å². The van der Waals surface area contributed by atoms with E-state index in [2.05, 4.69) is 53.4 Å². The summed E-state index contributed by atoms with van der Waals surface area (Å²) in [6.45, 7) is 4.02. The maximum absolute atomic E-state index is 12.6. The van der Waals surface area contributed by atoms with E-state index >= 15 is 0 Å². The van der Waals surface area contributed by atoms with E-state index in [4.69, 9.17) is 0 Å². The predicted octanol–water partition coefficient (Wildman–Crippen LogP) is 2.96. The fourth-order valence-corrected chi connectivity index (χ4v) is 4.25.